The Morgan fingerprint density at radius 2 is 2.04 bits per heavy atom. The molecule has 0 aliphatic heterocycles. The van der Waals surface area contributed by atoms with Crippen molar-refractivity contribution < 1.29 is 14.6 Å². The summed E-state index contributed by atoms with van der Waals surface area (Å²) in [5.74, 6) is -0.151. The molecule has 1 heterocycles. The number of ether oxygens (including phenoxy) is 1. The number of hydrogen-bond acceptors (Lipinski definition) is 4. The molecule has 1 aromatic carbocycles. The summed E-state index contributed by atoms with van der Waals surface area (Å²) in [5.41, 5.74) is 4.15. The zero-order valence-electron chi connectivity index (χ0n) is 13.4. The molecule has 5 heteroatoms. The molecule has 0 saturated heterocycles. The summed E-state index contributed by atoms with van der Waals surface area (Å²) in [4.78, 5) is 16.1. The topological polar surface area (TPSA) is 59.4 Å². The van der Waals surface area contributed by atoms with Crippen LogP contribution in [0.2, 0.25) is 5.02 Å². The molecule has 1 N–H and O–H groups in total. The van der Waals surface area contributed by atoms with Gasteiger partial charge >= 0.3 is 5.97 Å². The van der Waals surface area contributed by atoms with E-state index < -0.39 is 0 Å². The molecular weight excluding hydrogens is 326 g/mol. The highest BCUT2D eigenvalue weighted by Crippen LogP contribution is 2.42. The number of allylic oxidation sites excluding steroid dienone is 2. The second-order valence-electron chi connectivity index (χ2n) is 5.62. The molecule has 1 aliphatic carbocycles. The molecule has 24 heavy (non-hydrogen) atoms. The summed E-state index contributed by atoms with van der Waals surface area (Å²) in [6.45, 7) is 2.11. The number of carbonyl (C=O) groups excluding carboxylic acids is 1. The van der Waals surface area contributed by atoms with E-state index in [-0.39, 0.29) is 11.7 Å². The molecule has 0 radical (unpaired) electrons. The molecule has 124 valence electrons. The Kier molecular flexibility index (Phi) is 4.86. The summed E-state index contributed by atoms with van der Waals surface area (Å²) >= 11 is 6.07. The van der Waals surface area contributed by atoms with E-state index in [0.717, 1.165) is 41.7 Å². The molecule has 0 fully saturated rings. The van der Waals surface area contributed by atoms with E-state index in [1.165, 1.54) is 6.20 Å². The smallest absolute Gasteiger partial charge is 0.339 e. The van der Waals surface area contributed by atoms with Crippen molar-refractivity contribution in [1.29, 1.82) is 0 Å². The number of halogens is 1. The monoisotopic (exact) mass is 343 g/mol. The minimum absolute atomic E-state index is 0.219. The highest BCUT2D eigenvalue weighted by molar-refractivity contribution is 6.30. The number of phenolic OH excluding ortho intramolecular Hbond substituents is 1. The summed E-state index contributed by atoms with van der Waals surface area (Å²) in [7, 11) is 0. The van der Waals surface area contributed by atoms with E-state index in [0.29, 0.717) is 17.2 Å². The average molecular weight is 344 g/mol. The van der Waals surface area contributed by atoms with Crippen LogP contribution in [0.3, 0.4) is 0 Å². The maximum absolute atomic E-state index is 11.7. The normalized spacial score (nSPS) is 14.1. The molecule has 4 nitrogen and oxygen atoms in total. The van der Waals surface area contributed by atoms with Gasteiger partial charge in [0.25, 0.3) is 0 Å². The van der Waals surface area contributed by atoms with Crippen LogP contribution in [0.1, 0.15) is 47.8 Å². The van der Waals surface area contributed by atoms with Crippen molar-refractivity contribution in [3.8, 4) is 5.75 Å². The van der Waals surface area contributed by atoms with Crippen LogP contribution in [0.15, 0.2) is 36.5 Å². The van der Waals surface area contributed by atoms with Crippen molar-refractivity contribution in [2.45, 2.75) is 26.2 Å². The Morgan fingerprint density at radius 3 is 2.75 bits per heavy atom. The predicted octanol–water partition coefficient (Wildman–Crippen LogP) is 4.71. The fourth-order valence-electron chi connectivity index (χ4n) is 2.98. The van der Waals surface area contributed by atoms with Crippen LogP contribution < -0.4 is 0 Å². The average Bonchev–Trinajstić information content (AvgIpc) is 3.07. The quantitative estimate of drug-likeness (QED) is 0.816. The molecule has 2 aromatic rings. The van der Waals surface area contributed by atoms with Gasteiger partial charge in [-0.2, -0.15) is 0 Å². The summed E-state index contributed by atoms with van der Waals surface area (Å²) in [6.07, 6.45) is 4.28. The van der Waals surface area contributed by atoms with E-state index in [9.17, 15) is 9.90 Å². The lowest BCUT2D eigenvalue weighted by molar-refractivity contribution is 0.0526. The Bertz CT molecular complexity index is 797. The Balaban J connectivity index is 1.97. The van der Waals surface area contributed by atoms with Crippen molar-refractivity contribution in [1.82, 2.24) is 4.98 Å². The molecule has 0 bridgehead atoms. The predicted molar refractivity (Wildman–Crippen MR) is 94.0 cm³/mol. The molecule has 0 unspecified atom stereocenters. The number of pyridine rings is 1. The molecule has 0 saturated carbocycles. The van der Waals surface area contributed by atoms with Gasteiger partial charge in [0, 0.05) is 16.8 Å². The maximum Gasteiger partial charge on any atom is 0.339 e. The summed E-state index contributed by atoms with van der Waals surface area (Å²) < 4.78 is 4.97. The van der Waals surface area contributed by atoms with Crippen LogP contribution in [0.5, 0.6) is 5.75 Å². The van der Waals surface area contributed by atoms with Gasteiger partial charge in [0.1, 0.15) is 5.75 Å². The number of carbonyl (C=O) groups is 1. The second-order valence-corrected chi connectivity index (χ2v) is 6.06. The number of phenols is 1. The van der Waals surface area contributed by atoms with Gasteiger partial charge in [0.2, 0.25) is 0 Å². The van der Waals surface area contributed by atoms with Crippen molar-refractivity contribution in [3.05, 3.63) is 58.4 Å². The standard InChI is InChI=1S/C19H18ClNO3/c1-2-24-19(23)12-6-8-17(21-11-12)15-5-3-4-14(15)16-10-13(20)7-9-18(16)22/h6-11,22H,2-5H2,1H3. The Morgan fingerprint density at radius 1 is 1.25 bits per heavy atom. The SMILES string of the molecule is CCOC(=O)c1ccc(C2=C(c3cc(Cl)ccc3O)CCC2)nc1. The Labute approximate surface area is 145 Å². The zero-order chi connectivity index (χ0) is 17.1. The maximum atomic E-state index is 11.7. The fourth-order valence-corrected chi connectivity index (χ4v) is 3.15. The van der Waals surface area contributed by atoms with Gasteiger partial charge in [0.15, 0.2) is 0 Å². The van der Waals surface area contributed by atoms with Crippen molar-refractivity contribution in [2.24, 2.45) is 0 Å². The number of esters is 1. The molecule has 0 amide bonds. The van der Waals surface area contributed by atoms with E-state index in [4.69, 9.17) is 16.3 Å². The second kappa shape index (κ2) is 7.05. The van der Waals surface area contributed by atoms with E-state index in [2.05, 4.69) is 4.98 Å². The minimum Gasteiger partial charge on any atom is -0.507 e. The van der Waals surface area contributed by atoms with Crippen LogP contribution in [0, 0.1) is 0 Å². The van der Waals surface area contributed by atoms with E-state index in [1.54, 1.807) is 31.2 Å². The number of aromatic nitrogens is 1. The first-order chi connectivity index (χ1) is 11.6. The molecule has 0 atom stereocenters. The molecule has 1 aromatic heterocycles. The van der Waals surface area contributed by atoms with Gasteiger partial charge in [-0.3, -0.25) is 4.98 Å². The molecule has 3 rings (SSSR count). The third kappa shape index (κ3) is 3.29. The van der Waals surface area contributed by atoms with Crippen LogP contribution in [0.25, 0.3) is 11.1 Å². The first-order valence-corrected chi connectivity index (χ1v) is 8.32. The number of nitrogens with zero attached hydrogens (tertiary/aromatic N) is 1. The first kappa shape index (κ1) is 16.5. The van der Waals surface area contributed by atoms with Gasteiger partial charge in [-0.25, -0.2) is 4.79 Å². The fraction of sp³-hybridized carbons (Fsp3) is 0.263. The van der Waals surface area contributed by atoms with Crippen LogP contribution in [-0.2, 0) is 4.74 Å². The van der Waals surface area contributed by atoms with Gasteiger partial charge in [-0.15, -0.1) is 0 Å². The third-order valence-corrected chi connectivity index (χ3v) is 4.32. The molecule has 1 aliphatic rings. The molecular formula is C19H18ClNO3. The lowest BCUT2D eigenvalue weighted by atomic mass is 9.99. The lowest BCUT2D eigenvalue weighted by Gasteiger charge is -2.10. The summed E-state index contributed by atoms with van der Waals surface area (Å²) in [6, 6.07) is 8.61. The van der Waals surface area contributed by atoms with Crippen LogP contribution in [0.4, 0.5) is 0 Å². The van der Waals surface area contributed by atoms with Crippen LogP contribution >= 0.6 is 11.6 Å². The van der Waals surface area contributed by atoms with Crippen molar-refractivity contribution in [2.75, 3.05) is 6.61 Å². The van der Waals surface area contributed by atoms with Gasteiger partial charge in [-0.05, 0) is 67.7 Å². The van der Waals surface area contributed by atoms with Crippen molar-refractivity contribution >= 4 is 28.7 Å². The number of rotatable bonds is 4. The van der Waals surface area contributed by atoms with Gasteiger partial charge in [0.05, 0.1) is 17.9 Å². The summed E-state index contributed by atoms with van der Waals surface area (Å²) in [5, 5.41) is 10.8. The minimum atomic E-state index is -0.371. The lowest BCUT2D eigenvalue weighted by Crippen LogP contribution is -2.05. The van der Waals surface area contributed by atoms with Gasteiger partial charge in [-0.1, -0.05) is 11.6 Å². The molecule has 0 spiro atoms. The van der Waals surface area contributed by atoms with E-state index in [1.807, 2.05) is 6.07 Å². The Hall–Kier alpha value is -2.33. The number of benzene rings is 1. The largest absolute Gasteiger partial charge is 0.507 e. The van der Waals surface area contributed by atoms with Crippen LogP contribution in [-0.4, -0.2) is 22.7 Å². The van der Waals surface area contributed by atoms with Gasteiger partial charge < -0.3 is 9.84 Å². The first-order valence-electron chi connectivity index (χ1n) is 7.94. The number of aromatic hydroxyl groups is 1. The van der Waals surface area contributed by atoms with Crippen molar-refractivity contribution in [3.63, 3.8) is 0 Å². The highest BCUT2D eigenvalue weighted by atomic mass is 35.5. The third-order valence-electron chi connectivity index (χ3n) is 4.09. The van der Waals surface area contributed by atoms with E-state index >= 15 is 0 Å². The zero-order valence-corrected chi connectivity index (χ0v) is 14.1. The number of hydrogen-bond donors (Lipinski definition) is 1. The highest BCUT2D eigenvalue weighted by Gasteiger charge is 2.21.